The van der Waals surface area contributed by atoms with Gasteiger partial charge in [-0.3, -0.25) is 0 Å². The van der Waals surface area contributed by atoms with Crippen LogP contribution in [0.2, 0.25) is 0 Å². The number of methoxy groups -OCH3 is 2. The first kappa shape index (κ1) is 19.5. The molecule has 3 aromatic rings. The number of hydrogen-bond donors (Lipinski definition) is 1. The van der Waals surface area contributed by atoms with Gasteiger partial charge in [-0.2, -0.15) is 0 Å². The van der Waals surface area contributed by atoms with Crippen LogP contribution in [0.3, 0.4) is 0 Å². The van der Waals surface area contributed by atoms with Gasteiger partial charge in [0, 0.05) is 13.1 Å². The minimum atomic E-state index is -0.0211. The van der Waals surface area contributed by atoms with E-state index in [0.29, 0.717) is 18.0 Å². The van der Waals surface area contributed by atoms with Gasteiger partial charge in [-0.25, -0.2) is 9.78 Å². The van der Waals surface area contributed by atoms with Gasteiger partial charge in [0.05, 0.1) is 30.5 Å². The number of amides is 2. The SMILES string of the molecule is COc1ccc(CCNC(=O)N2CCC[C@@H]2c2nc3ccccc3s2)cc1OC. The van der Waals surface area contributed by atoms with Crippen LogP contribution in [0.4, 0.5) is 4.79 Å². The van der Waals surface area contributed by atoms with Gasteiger partial charge in [-0.15, -0.1) is 11.3 Å². The number of aromatic nitrogens is 1. The van der Waals surface area contributed by atoms with Crippen molar-refractivity contribution in [2.45, 2.75) is 25.3 Å². The number of hydrogen-bond acceptors (Lipinski definition) is 5. The van der Waals surface area contributed by atoms with Gasteiger partial charge in [-0.1, -0.05) is 18.2 Å². The third kappa shape index (κ3) is 4.15. The Morgan fingerprint density at radius 3 is 2.83 bits per heavy atom. The van der Waals surface area contributed by atoms with Crippen molar-refractivity contribution in [2.75, 3.05) is 27.3 Å². The summed E-state index contributed by atoms with van der Waals surface area (Å²) in [7, 11) is 3.24. The van der Waals surface area contributed by atoms with Crippen molar-refractivity contribution >= 4 is 27.6 Å². The van der Waals surface area contributed by atoms with E-state index in [9.17, 15) is 4.79 Å². The molecular weight excluding hydrogens is 386 g/mol. The molecule has 152 valence electrons. The maximum atomic E-state index is 12.8. The Morgan fingerprint density at radius 1 is 1.21 bits per heavy atom. The standard InChI is InChI=1S/C22H25N3O3S/c1-27-18-10-9-15(14-19(18)28-2)11-12-23-22(26)25-13-5-7-17(25)21-24-16-6-3-4-8-20(16)29-21/h3-4,6,8-10,14,17H,5,7,11-13H2,1-2H3,(H,23,26)/t17-/m1/s1. The third-order valence-corrected chi connectivity index (χ3v) is 6.38. The van der Waals surface area contributed by atoms with Crippen LogP contribution >= 0.6 is 11.3 Å². The largest absolute Gasteiger partial charge is 0.493 e. The van der Waals surface area contributed by atoms with Crippen LogP contribution < -0.4 is 14.8 Å². The van der Waals surface area contributed by atoms with Gasteiger partial charge in [0.1, 0.15) is 5.01 Å². The van der Waals surface area contributed by atoms with Gasteiger partial charge >= 0.3 is 6.03 Å². The number of urea groups is 1. The molecule has 0 saturated carbocycles. The number of benzene rings is 2. The fourth-order valence-electron chi connectivity index (χ4n) is 3.75. The van der Waals surface area contributed by atoms with Gasteiger partial charge < -0.3 is 19.7 Å². The number of nitrogens with one attached hydrogen (secondary N) is 1. The molecule has 1 fully saturated rings. The first-order valence-corrected chi connectivity index (χ1v) is 10.6. The Hall–Kier alpha value is -2.80. The zero-order valence-electron chi connectivity index (χ0n) is 16.7. The summed E-state index contributed by atoms with van der Waals surface area (Å²) < 4.78 is 11.8. The van der Waals surface area contributed by atoms with Crippen molar-refractivity contribution in [2.24, 2.45) is 0 Å². The molecule has 2 aromatic carbocycles. The molecular formula is C22H25N3O3S. The molecule has 7 heteroatoms. The number of carbonyl (C=O) groups is 1. The highest BCUT2D eigenvalue weighted by Gasteiger charge is 2.32. The van der Waals surface area contributed by atoms with Gasteiger partial charge in [-0.05, 0) is 49.1 Å². The van der Waals surface area contributed by atoms with Crippen LogP contribution in [-0.4, -0.2) is 43.2 Å². The molecule has 4 rings (SSSR count). The summed E-state index contributed by atoms with van der Waals surface area (Å²) in [6, 6.07) is 14.0. The molecule has 0 radical (unpaired) electrons. The number of para-hydroxylation sites is 1. The first-order chi connectivity index (χ1) is 14.2. The number of likely N-dealkylation sites (tertiary alicyclic amines) is 1. The second-order valence-electron chi connectivity index (χ2n) is 7.04. The second kappa shape index (κ2) is 8.69. The number of fused-ring (bicyclic) bond motifs is 1. The normalized spacial score (nSPS) is 16.2. The summed E-state index contributed by atoms with van der Waals surface area (Å²) in [5.74, 6) is 1.41. The molecule has 1 N–H and O–H groups in total. The van der Waals surface area contributed by atoms with Crippen molar-refractivity contribution in [3.8, 4) is 11.5 Å². The Bertz CT molecular complexity index is 971. The molecule has 0 unspecified atom stereocenters. The molecule has 1 atom stereocenters. The Kier molecular flexibility index (Phi) is 5.85. The number of ether oxygens (including phenoxy) is 2. The van der Waals surface area contributed by atoms with E-state index in [0.717, 1.165) is 41.9 Å². The van der Waals surface area contributed by atoms with Crippen molar-refractivity contribution in [3.05, 3.63) is 53.0 Å². The van der Waals surface area contributed by atoms with Crippen LogP contribution in [0.15, 0.2) is 42.5 Å². The van der Waals surface area contributed by atoms with E-state index < -0.39 is 0 Å². The van der Waals surface area contributed by atoms with Crippen LogP contribution in [0.5, 0.6) is 11.5 Å². The minimum absolute atomic E-state index is 0.0211. The van der Waals surface area contributed by atoms with Crippen LogP contribution in [0, 0.1) is 0 Å². The van der Waals surface area contributed by atoms with Crippen LogP contribution in [0.1, 0.15) is 29.5 Å². The summed E-state index contributed by atoms with van der Waals surface area (Å²) in [6.45, 7) is 1.33. The second-order valence-corrected chi connectivity index (χ2v) is 8.10. The third-order valence-electron chi connectivity index (χ3n) is 5.25. The predicted octanol–water partition coefficient (Wildman–Crippen LogP) is 4.40. The average molecular weight is 412 g/mol. The van der Waals surface area contributed by atoms with Crippen molar-refractivity contribution in [1.29, 1.82) is 0 Å². The number of nitrogens with zero attached hydrogens (tertiary/aromatic N) is 2. The first-order valence-electron chi connectivity index (χ1n) is 9.80. The van der Waals surface area contributed by atoms with Crippen LogP contribution in [-0.2, 0) is 6.42 Å². The summed E-state index contributed by atoms with van der Waals surface area (Å²) in [4.78, 5) is 19.5. The van der Waals surface area contributed by atoms with Crippen molar-refractivity contribution < 1.29 is 14.3 Å². The fourth-order valence-corrected chi connectivity index (χ4v) is 4.87. The summed E-state index contributed by atoms with van der Waals surface area (Å²) in [5, 5.41) is 4.09. The maximum absolute atomic E-state index is 12.8. The quantitative estimate of drug-likeness (QED) is 0.653. The molecule has 1 aromatic heterocycles. The zero-order chi connectivity index (χ0) is 20.2. The van der Waals surface area contributed by atoms with Crippen molar-refractivity contribution in [1.82, 2.24) is 15.2 Å². The average Bonchev–Trinajstić information content (AvgIpc) is 3.40. The molecule has 0 bridgehead atoms. The summed E-state index contributed by atoms with van der Waals surface area (Å²) in [5.41, 5.74) is 2.10. The molecule has 0 spiro atoms. The lowest BCUT2D eigenvalue weighted by Crippen LogP contribution is -2.40. The Balaban J connectivity index is 1.37. The molecule has 29 heavy (non-hydrogen) atoms. The van der Waals surface area contributed by atoms with E-state index in [-0.39, 0.29) is 12.1 Å². The Labute approximate surface area is 174 Å². The van der Waals surface area contributed by atoms with E-state index >= 15 is 0 Å². The number of rotatable bonds is 6. The molecule has 1 aliphatic heterocycles. The lowest BCUT2D eigenvalue weighted by atomic mass is 10.1. The number of carbonyl (C=O) groups excluding carboxylic acids is 1. The minimum Gasteiger partial charge on any atom is -0.493 e. The lowest BCUT2D eigenvalue weighted by molar-refractivity contribution is 0.193. The smallest absolute Gasteiger partial charge is 0.318 e. The van der Waals surface area contributed by atoms with Crippen LogP contribution in [0.25, 0.3) is 10.2 Å². The molecule has 0 aliphatic carbocycles. The summed E-state index contributed by atoms with van der Waals surface area (Å²) >= 11 is 1.69. The molecule has 1 aliphatic rings. The maximum Gasteiger partial charge on any atom is 0.318 e. The Morgan fingerprint density at radius 2 is 2.03 bits per heavy atom. The highest BCUT2D eigenvalue weighted by molar-refractivity contribution is 7.18. The molecule has 6 nitrogen and oxygen atoms in total. The van der Waals surface area contributed by atoms with Crippen molar-refractivity contribution in [3.63, 3.8) is 0 Å². The van der Waals surface area contributed by atoms with E-state index in [1.807, 2.05) is 41.3 Å². The highest BCUT2D eigenvalue weighted by Crippen LogP contribution is 2.36. The predicted molar refractivity (Wildman–Crippen MR) is 115 cm³/mol. The van der Waals surface area contributed by atoms with E-state index in [1.165, 1.54) is 4.70 Å². The van der Waals surface area contributed by atoms with Gasteiger partial charge in [0.2, 0.25) is 0 Å². The van der Waals surface area contributed by atoms with Gasteiger partial charge in [0.25, 0.3) is 0 Å². The number of thiazole rings is 1. The fraction of sp³-hybridized carbons (Fsp3) is 0.364. The summed E-state index contributed by atoms with van der Waals surface area (Å²) in [6.07, 6.45) is 2.69. The lowest BCUT2D eigenvalue weighted by Gasteiger charge is -2.23. The highest BCUT2D eigenvalue weighted by atomic mass is 32.1. The molecule has 2 heterocycles. The zero-order valence-corrected chi connectivity index (χ0v) is 17.5. The van der Waals surface area contributed by atoms with E-state index in [2.05, 4.69) is 11.4 Å². The molecule has 2 amide bonds. The topological polar surface area (TPSA) is 63.7 Å². The van der Waals surface area contributed by atoms with E-state index in [1.54, 1.807) is 25.6 Å². The monoisotopic (exact) mass is 411 g/mol. The van der Waals surface area contributed by atoms with E-state index in [4.69, 9.17) is 14.5 Å². The van der Waals surface area contributed by atoms with Gasteiger partial charge in [0.15, 0.2) is 11.5 Å². The molecule has 1 saturated heterocycles.